The lowest BCUT2D eigenvalue weighted by Crippen LogP contribution is -2.25. The average Bonchev–Trinajstić information content (AvgIpc) is 1.63. The van der Waals surface area contributed by atoms with Crippen LogP contribution in [0, 0.1) is 0 Å². The highest BCUT2D eigenvalue weighted by Gasteiger charge is 1.99. The number of likely N-dealkylation sites (N-methyl/N-ethyl adjacent to an activating group) is 1. The molecule has 0 spiro atoms. The largest absolute Gasteiger partial charge is 0.480 e. The van der Waals surface area contributed by atoms with E-state index >= 15 is 0 Å². The minimum atomic E-state index is -0.806. The normalized spacial score (nSPS) is 9.56. The van der Waals surface area contributed by atoms with Gasteiger partial charge in [-0.2, -0.15) is 0 Å². The van der Waals surface area contributed by atoms with Crippen molar-refractivity contribution in [2.75, 3.05) is 20.1 Å². The fourth-order valence-corrected chi connectivity index (χ4v) is 0.516. The second kappa shape index (κ2) is 4.09. The van der Waals surface area contributed by atoms with Gasteiger partial charge in [0, 0.05) is 6.54 Å². The summed E-state index contributed by atoms with van der Waals surface area (Å²) >= 11 is 0. The molecule has 1 N–H and O–H groups in total. The van der Waals surface area contributed by atoms with Crippen LogP contribution >= 0.6 is 0 Å². The summed E-state index contributed by atoms with van der Waals surface area (Å²) in [6.45, 7) is 4.17. The molecule has 0 rings (SSSR count). The van der Waals surface area contributed by atoms with E-state index in [2.05, 4.69) is 6.58 Å². The molecule has 0 saturated carbocycles. The number of hydrogen-bond donors (Lipinski definition) is 1. The van der Waals surface area contributed by atoms with Crippen LogP contribution in [-0.4, -0.2) is 36.1 Å². The number of carboxylic acids is 1. The highest BCUT2D eigenvalue weighted by atomic mass is 16.4. The molecule has 0 atom stereocenters. The minimum absolute atomic E-state index is 0.0754. The van der Waals surface area contributed by atoms with Gasteiger partial charge in [0.15, 0.2) is 0 Å². The van der Waals surface area contributed by atoms with Crippen LogP contribution in [0.1, 0.15) is 0 Å². The molecule has 0 amide bonds. The molecular weight excluding hydrogens is 118 g/mol. The van der Waals surface area contributed by atoms with Crippen LogP contribution in [0.3, 0.4) is 0 Å². The molecule has 0 heterocycles. The van der Waals surface area contributed by atoms with E-state index in [1.807, 2.05) is 0 Å². The number of hydrogen-bond acceptors (Lipinski definition) is 2. The zero-order valence-corrected chi connectivity index (χ0v) is 5.50. The third-order valence-electron chi connectivity index (χ3n) is 0.846. The van der Waals surface area contributed by atoms with E-state index in [1.165, 1.54) is 0 Å². The van der Waals surface area contributed by atoms with Crippen molar-refractivity contribution in [2.24, 2.45) is 0 Å². The van der Waals surface area contributed by atoms with Gasteiger partial charge >= 0.3 is 5.97 Å². The standard InChI is InChI=1S/C6H11NO2/c1-3-4-7(2)5-6(8)9/h3H,1,4-5H2,2H3,(H,8,9). The van der Waals surface area contributed by atoms with E-state index in [0.717, 1.165) is 0 Å². The molecule has 0 aromatic carbocycles. The van der Waals surface area contributed by atoms with Gasteiger partial charge in [-0.3, -0.25) is 9.69 Å². The molecule has 0 aliphatic carbocycles. The molecule has 52 valence electrons. The van der Waals surface area contributed by atoms with Crippen molar-refractivity contribution >= 4 is 5.97 Å². The summed E-state index contributed by atoms with van der Waals surface area (Å²) in [5.41, 5.74) is 0. The quantitative estimate of drug-likeness (QED) is 0.551. The van der Waals surface area contributed by atoms with Crippen LogP contribution in [0.25, 0.3) is 0 Å². The molecule has 0 radical (unpaired) electrons. The van der Waals surface area contributed by atoms with E-state index in [0.29, 0.717) is 6.54 Å². The minimum Gasteiger partial charge on any atom is -0.480 e. The van der Waals surface area contributed by atoms with Crippen molar-refractivity contribution in [3.05, 3.63) is 12.7 Å². The van der Waals surface area contributed by atoms with Gasteiger partial charge in [-0.25, -0.2) is 0 Å². The third kappa shape index (κ3) is 5.03. The zero-order chi connectivity index (χ0) is 7.28. The summed E-state index contributed by atoms with van der Waals surface area (Å²) in [6, 6.07) is 0. The molecule has 0 aromatic heterocycles. The highest BCUT2D eigenvalue weighted by Crippen LogP contribution is 1.80. The zero-order valence-electron chi connectivity index (χ0n) is 5.50. The number of rotatable bonds is 4. The Morgan fingerprint density at radius 2 is 2.44 bits per heavy atom. The molecule has 0 bridgehead atoms. The molecule has 3 heteroatoms. The first-order valence-electron chi connectivity index (χ1n) is 2.68. The summed E-state index contributed by atoms with van der Waals surface area (Å²) in [5, 5.41) is 8.23. The second-order valence-electron chi connectivity index (χ2n) is 1.88. The molecule has 0 saturated heterocycles. The van der Waals surface area contributed by atoms with Crippen LogP contribution < -0.4 is 0 Å². The van der Waals surface area contributed by atoms with E-state index in [4.69, 9.17) is 5.11 Å². The van der Waals surface area contributed by atoms with Crippen molar-refractivity contribution in [3.63, 3.8) is 0 Å². The second-order valence-corrected chi connectivity index (χ2v) is 1.88. The number of aliphatic carboxylic acids is 1. The number of carbonyl (C=O) groups is 1. The average molecular weight is 129 g/mol. The van der Waals surface area contributed by atoms with Crippen LogP contribution in [0.15, 0.2) is 12.7 Å². The number of nitrogens with zero attached hydrogens (tertiary/aromatic N) is 1. The van der Waals surface area contributed by atoms with E-state index in [1.54, 1.807) is 18.0 Å². The lowest BCUT2D eigenvalue weighted by molar-refractivity contribution is -0.137. The summed E-state index contributed by atoms with van der Waals surface area (Å²) in [7, 11) is 1.73. The van der Waals surface area contributed by atoms with Crippen LogP contribution in [-0.2, 0) is 4.79 Å². The predicted octanol–water partition coefficient (Wildman–Crippen LogP) is 0.189. The van der Waals surface area contributed by atoms with Gasteiger partial charge in [-0.15, -0.1) is 6.58 Å². The maximum Gasteiger partial charge on any atom is 0.317 e. The van der Waals surface area contributed by atoms with Crippen molar-refractivity contribution in [1.29, 1.82) is 0 Å². The van der Waals surface area contributed by atoms with E-state index < -0.39 is 5.97 Å². The number of carboxylic acid groups (broad SMARTS) is 1. The molecule has 9 heavy (non-hydrogen) atoms. The summed E-state index contributed by atoms with van der Waals surface area (Å²) in [5.74, 6) is -0.806. The Hall–Kier alpha value is -0.830. The SMILES string of the molecule is C=CCN(C)CC(=O)O. The van der Waals surface area contributed by atoms with E-state index in [9.17, 15) is 4.79 Å². The first-order valence-corrected chi connectivity index (χ1v) is 2.68. The molecule has 3 nitrogen and oxygen atoms in total. The summed E-state index contributed by atoms with van der Waals surface area (Å²) < 4.78 is 0. The Morgan fingerprint density at radius 1 is 1.89 bits per heavy atom. The van der Waals surface area contributed by atoms with E-state index in [-0.39, 0.29) is 6.54 Å². The van der Waals surface area contributed by atoms with Crippen molar-refractivity contribution < 1.29 is 9.90 Å². The highest BCUT2D eigenvalue weighted by molar-refractivity contribution is 5.69. The fourth-order valence-electron chi connectivity index (χ4n) is 0.516. The lowest BCUT2D eigenvalue weighted by Gasteiger charge is -2.08. The fraction of sp³-hybridized carbons (Fsp3) is 0.500. The van der Waals surface area contributed by atoms with Gasteiger partial charge < -0.3 is 5.11 Å². The van der Waals surface area contributed by atoms with Gasteiger partial charge in [0.05, 0.1) is 6.54 Å². The molecule has 0 unspecified atom stereocenters. The monoisotopic (exact) mass is 129 g/mol. The van der Waals surface area contributed by atoms with Gasteiger partial charge in [0.25, 0.3) is 0 Å². The van der Waals surface area contributed by atoms with Crippen molar-refractivity contribution in [3.8, 4) is 0 Å². The Balaban J connectivity index is 3.37. The summed E-state index contributed by atoms with van der Waals surface area (Å²) in [4.78, 5) is 11.7. The first kappa shape index (κ1) is 8.17. The molecule has 0 aliphatic rings. The Labute approximate surface area is 54.6 Å². The van der Waals surface area contributed by atoms with Crippen molar-refractivity contribution in [1.82, 2.24) is 4.90 Å². The Kier molecular flexibility index (Phi) is 3.71. The first-order chi connectivity index (χ1) is 4.16. The van der Waals surface area contributed by atoms with Crippen LogP contribution in [0.5, 0.6) is 0 Å². The third-order valence-corrected chi connectivity index (χ3v) is 0.846. The van der Waals surface area contributed by atoms with Gasteiger partial charge in [-0.1, -0.05) is 6.08 Å². The smallest absolute Gasteiger partial charge is 0.317 e. The van der Waals surface area contributed by atoms with Gasteiger partial charge in [0.2, 0.25) is 0 Å². The lowest BCUT2D eigenvalue weighted by atomic mass is 10.5. The van der Waals surface area contributed by atoms with Crippen LogP contribution in [0.2, 0.25) is 0 Å². The topological polar surface area (TPSA) is 40.5 Å². The maximum absolute atomic E-state index is 10.0. The van der Waals surface area contributed by atoms with Gasteiger partial charge in [-0.05, 0) is 7.05 Å². The Bertz CT molecular complexity index is 112. The molecule has 0 aliphatic heterocycles. The Morgan fingerprint density at radius 3 is 2.78 bits per heavy atom. The van der Waals surface area contributed by atoms with Gasteiger partial charge in [0.1, 0.15) is 0 Å². The summed E-state index contributed by atoms with van der Waals surface area (Å²) in [6.07, 6.45) is 1.67. The maximum atomic E-state index is 10.0. The predicted molar refractivity (Wildman–Crippen MR) is 35.3 cm³/mol. The molecular formula is C6H11NO2. The van der Waals surface area contributed by atoms with Crippen molar-refractivity contribution in [2.45, 2.75) is 0 Å². The molecule has 0 aromatic rings. The molecule has 0 fully saturated rings. The van der Waals surface area contributed by atoms with Crippen LogP contribution in [0.4, 0.5) is 0 Å².